The van der Waals surface area contributed by atoms with E-state index >= 15 is 0 Å². The molecule has 7 heteroatoms. The number of amides is 1. The zero-order valence-electron chi connectivity index (χ0n) is 22.7. The van der Waals surface area contributed by atoms with Crippen LogP contribution in [0, 0.1) is 5.92 Å². The molecule has 0 unspecified atom stereocenters. The molecule has 0 saturated carbocycles. The van der Waals surface area contributed by atoms with Crippen LogP contribution in [-0.4, -0.2) is 59.0 Å². The minimum Gasteiger partial charge on any atom is -0.496 e. The van der Waals surface area contributed by atoms with Crippen molar-refractivity contribution in [3.8, 4) is 5.75 Å². The molecule has 1 aliphatic rings. The highest BCUT2D eigenvalue weighted by molar-refractivity contribution is 5.96. The first-order valence-electron chi connectivity index (χ1n) is 12.5. The Morgan fingerprint density at radius 2 is 2.03 bits per heavy atom. The van der Waals surface area contributed by atoms with E-state index in [0.29, 0.717) is 18.8 Å². The van der Waals surface area contributed by atoms with Gasteiger partial charge in [-0.05, 0) is 68.7 Å². The van der Waals surface area contributed by atoms with Crippen molar-refractivity contribution in [2.75, 3.05) is 20.3 Å². The number of allylic oxidation sites excluding steroid dienone is 5. The standard InChI is InChI=1S/C29H42N2O5/c1-8-9-11-22(4)18-30-25(27(32)31(29(6,33)34)28(5)19-36-20-28)13-10-12-23-14-15-24(16-21(2)3)26(17-23)35-7/h8-9,11,13-15,17-18,21,33-34H,10,12,16,19-20H2,1-7H3/b9-8-,22-11+,25-13+,30-18-. The Hall–Kier alpha value is -2.74. The van der Waals surface area contributed by atoms with Crippen LogP contribution in [0.25, 0.3) is 0 Å². The van der Waals surface area contributed by atoms with Gasteiger partial charge in [-0.3, -0.25) is 14.7 Å². The molecule has 0 radical (unpaired) electrons. The van der Waals surface area contributed by atoms with Crippen molar-refractivity contribution in [3.05, 3.63) is 64.9 Å². The molecule has 1 amide bonds. The van der Waals surface area contributed by atoms with Gasteiger partial charge in [0.15, 0.2) is 0 Å². The third kappa shape index (κ3) is 8.15. The van der Waals surface area contributed by atoms with Crippen LogP contribution in [0.15, 0.2) is 58.8 Å². The van der Waals surface area contributed by atoms with Crippen molar-refractivity contribution in [1.29, 1.82) is 0 Å². The molecule has 198 valence electrons. The molecule has 1 aliphatic heterocycles. The maximum Gasteiger partial charge on any atom is 0.276 e. The SMILES string of the molecule is C\C=C/C=C(C)/C=N\C(=C\CCc1ccc(CC(C)C)c(OC)c1)C(=O)N(C(C)(O)O)C1(C)COC1. The molecule has 1 saturated heterocycles. The number of aliphatic imine (C=N–C) groups is 1. The summed E-state index contributed by atoms with van der Waals surface area (Å²) < 4.78 is 10.9. The molecule has 2 N–H and O–H groups in total. The fraction of sp³-hybridized carbons (Fsp3) is 0.517. The number of aryl methyl sites for hydroxylation is 1. The van der Waals surface area contributed by atoms with E-state index in [0.717, 1.165) is 28.2 Å². The zero-order chi connectivity index (χ0) is 26.9. The van der Waals surface area contributed by atoms with Crippen LogP contribution in [0.1, 0.15) is 59.1 Å². The first-order valence-corrected chi connectivity index (χ1v) is 12.5. The Morgan fingerprint density at radius 3 is 2.56 bits per heavy atom. The van der Waals surface area contributed by atoms with Gasteiger partial charge in [0.25, 0.3) is 5.91 Å². The maximum atomic E-state index is 13.6. The number of hydrogen-bond acceptors (Lipinski definition) is 6. The quantitative estimate of drug-likeness (QED) is 0.191. The van der Waals surface area contributed by atoms with E-state index in [1.807, 2.05) is 38.1 Å². The summed E-state index contributed by atoms with van der Waals surface area (Å²) >= 11 is 0. The molecule has 0 bridgehead atoms. The van der Waals surface area contributed by atoms with Crippen LogP contribution in [0.4, 0.5) is 0 Å². The van der Waals surface area contributed by atoms with Crippen LogP contribution >= 0.6 is 0 Å². The van der Waals surface area contributed by atoms with Gasteiger partial charge in [-0.1, -0.05) is 50.3 Å². The van der Waals surface area contributed by atoms with Crippen LogP contribution in [0.3, 0.4) is 0 Å². The van der Waals surface area contributed by atoms with Gasteiger partial charge in [0, 0.05) is 13.1 Å². The molecule has 7 nitrogen and oxygen atoms in total. The fourth-order valence-corrected chi connectivity index (χ4v) is 4.18. The van der Waals surface area contributed by atoms with Crippen molar-refractivity contribution in [2.24, 2.45) is 10.9 Å². The summed E-state index contributed by atoms with van der Waals surface area (Å²) in [5.41, 5.74) is 2.43. The summed E-state index contributed by atoms with van der Waals surface area (Å²) in [6, 6.07) is 6.22. The molecule has 2 rings (SSSR count). The summed E-state index contributed by atoms with van der Waals surface area (Å²) in [5, 5.41) is 20.9. The van der Waals surface area contributed by atoms with Crippen molar-refractivity contribution in [3.63, 3.8) is 0 Å². The van der Waals surface area contributed by atoms with E-state index in [1.54, 1.807) is 26.3 Å². The highest BCUT2D eigenvalue weighted by Gasteiger charge is 2.50. The van der Waals surface area contributed by atoms with Gasteiger partial charge >= 0.3 is 0 Å². The Bertz CT molecular complexity index is 1010. The molecule has 1 aromatic rings. The minimum absolute atomic E-state index is 0.147. The molecule has 0 aromatic heterocycles. The van der Waals surface area contributed by atoms with Gasteiger partial charge in [-0.25, -0.2) is 0 Å². The minimum atomic E-state index is -2.36. The number of hydrogen-bond donors (Lipinski definition) is 2. The number of benzene rings is 1. The average Bonchev–Trinajstić information content (AvgIpc) is 2.78. The summed E-state index contributed by atoms with van der Waals surface area (Å²) in [7, 11) is 1.68. The van der Waals surface area contributed by atoms with Crippen LogP contribution in [0.2, 0.25) is 0 Å². The molecule has 1 aromatic carbocycles. The van der Waals surface area contributed by atoms with E-state index in [2.05, 4.69) is 31.0 Å². The molecule has 1 fully saturated rings. The molecule has 36 heavy (non-hydrogen) atoms. The average molecular weight is 499 g/mol. The number of ether oxygens (including phenoxy) is 2. The highest BCUT2D eigenvalue weighted by atomic mass is 16.5. The monoisotopic (exact) mass is 498 g/mol. The second-order valence-corrected chi connectivity index (χ2v) is 10.2. The van der Waals surface area contributed by atoms with E-state index in [-0.39, 0.29) is 18.9 Å². The molecule has 0 spiro atoms. The van der Waals surface area contributed by atoms with Crippen LogP contribution in [-0.2, 0) is 22.4 Å². The smallest absolute Gasteiger partial charge is 0.276 e. The number of aliphatic hydroxyl groups is 2. The summed E-state index contributed by atoms with van der Waals surface area (Å²) in [4.78, 5) is 19.1. The van der Waals surface area contributed by atoms with Gasteiger partial charge in [-0.2, -0.15) is 0 Å². The van der Waals surface area contributed by atoms with Crippen molar-refractivity contribution >= 4 is 12.1 Å². The topological polar surface area (TPSA) is 91.6 Å². The number of carbonyl (C=O) groups excluding carboxylic acids is 1. The number of rotatable bonds is 12. The maximum absolute atomic E-state index is 13.6. The van der Waals surface area contributed by atoms with Crippen molar-refractivity contribution in [2.45, 2.75) is 72.3 Å². The molecule has 0 aliphatic carbocycles. The predicted molar refractivity (Wildman–Crippen MR) is 144 cm³/mol. The molecular formula is C29H42N2O5. The van der Waals surface area contributed by atoms with E-state index in [9.17, 15) is 15.0 Å². The number of methoxy groups -OCH3 is 1. The zero-order valence-corrected chi connectivity index (χ0v) is 22.7. The normalized spacial score (nSPS) is 16.6. The molecule has 1 heterocycles. The lowest BCUT2D eigenvalue weighted by atomic mass is 9.96. The first kappa shape index (κ1) is 29.5. The summed E-state index contributed by atoms with van der Waals surface area (Å²) in [5.74, 6) is -1.53. The van der Waals surface area contributed by atoms with Crippen molar-refractivity contribution in [1.82, 2.24) is 4.90 Å². The Kier molecular flexibility index (Phi) is 10.6. The largest absolute Gasteiger partial charge is 0.496 e. The Labute approximate surface area is 215 Å². The molecule has 0 atom stereocenters. The number of nitrogens with zero attached hydrogens (tertiary/aromatic N) is 2. The van der Waals surface area contributed by atoms with Gasteiger partial charge in [0.1, 0.15) is 11.4 Å². The van der Waals surface area contributed by atoms with Crippen molar-refractivity contribution < 1.29 is 24.5 Å². The first-order chi connectivity index (χ1) is 16.9. The predicted octanol–water partition coefficient (Wildman–Crippen LogP) is 4.58. The Balaban J connectivity index is 2.33. The second kappa shape index (κ2) is 13.0. The van der Waals surface area contributed by atoms with Gasteiger partial charge in [-0.15, -0.1) is 0 Å². The van der Waals surface area contributed by atoms with Crippen LogP contribution < -0.4 is 4.74 Å². The highest BCUT2D eigenvalue weighted by Crippen LogP contribution is 2.31. The fourth-order valence-electron chi connectivity index (χ4n) is 4.18. The second-order valence-electron chi connectivity index (χ2n) is 10.2. The lowest BCUT2D eigenvalue weighted by Gasteiger charge is -2.50. The third-order valence-corrected chi connectivity index (χ3v) is 5.92. The van der Waals surface area contributed by atoms with Crippen LogP contribution in [0.5, 0.6) is 5.75 Å². The summed E-state index contributed by atoms with van der Waals surface area (Å²) in [6.45, 7) is 11.5. The molecular weight excluding hydrogens is 456 g/mol. The van der Waals surface area contributed by atoms with E-state index < -0.39 is 17.4 Å². The lowest BCUT2D eigenvalue weighted by molar-refractivity contribution is -0.294. The van der Waals surface area contributed by atoms with Gasteiger partial charge in [0.05, 0.1) is 25.9 Å². The van der Waals surface area contributed by atoms with E-state index in [4.69, 9.17) is 9.47 Å². The number of carbonyl (C=O) groups is 1. The third-order valence-electron chi connectivity index (χ3n) is 5.92. The lowest BCUT2D eigenvalue weighted by Crippen LogP contribution is -2.69. The van der Waals surface area contributed by atoms with Gasteiger partial charge < -0.3 is 19.7 Å². The van der Waals surface area contributed by atoms with E-state index in [1.165, 1.54) is 12.5 Å². The Morgan fingerprint density at radius 1 is 1.33 bits per heavy atom. The van der Waals surface area contributed by atoms with Gasteiger partial charge in [0.2, 0.25) is 5.91 Å². The summed E-state index contributed by atoms with van der Waals surface area (Å²) in [6.07, 6.45) is 11.2.